The Morgan fingerprint density at radius 2 is 1.97 bits per heavy atom. The van der Waals surface area contributed by atoms with Crippen molar-refractivity contribution in [3.63, 3.8) is 0 Å². The molecule has 1 fully saturated rings. The molecule has 33 heavy (non-hydrogen) atoms. The fourth-order valence-corrected chi connectivity index (χ4v) is 5.08. The molecule has 3 N–H and O–H groups in total. The molecular weight excluding hydrogens is 464 g/mol. The molecule has 0 aliphatic carbocycles. The highest BCUT2D eigenvalue weighted by Crippen LogP contribution is 2.21. The summed E-state index contributed by atoms with van der Waals surface area (Å²) in [5, 5.41) is 12.2. The van der Waals surface area contributed by atoms with Gasteiger partial charge in [0, 0.05) is 24.3 Å². The van der Waals surface area contributed by atoms with Gasteiger partial charge in [-0.1, -0.05) is 35.9 Å². The molecule has 1 saturated heterocycles. The first-order valence-corrected chi connectivity index (χ1v) is 12.0. The number of sulfonamides is 1. The minimum absolute atomic E-state index is 0.00438. The fraction of sp³-hybridized carbons (Fsp3) is 0.238. The Morgan fingerprint density at radius 1 is 1.21 bits per heavy atom. The second kappa shape index (κ2) is 9.25. The minimum atomic E-state index is -3.87. The summed E-state index contributed by atoms with van der Waals surface area (Å²) in [7, 11) is -3.87. The largest absolute Gasteiger partial charge is 0.354 e. The number of rotatable bonds is 6. The van der Waals surface area contributed by atoms with Crippen molar-refractivity contribution in [1.29, 1.82) is 0 Å². The van der Waals surface area contributed by atoms with Crippen LogP contribution in [-0.4, -0.2) is 58.9 Å². The summed E-state index contributed by atoms with van der Waals surface area (Å²) < 4.78 is 28.8. The second-order valence-corrected chi connectivity index (χ2v) is 9.89. The van der Waals surface area contributed by atoms with Crippen LogP contribution in [0.1, 0.15) is 5.56 Å². The number of aryl methyl sites for hydroxylation is 1. The molecule has 0 bridgehead atoms. The molecule has 1 aliphatic rings. The van der Waals surface area contributed by atoms with Crippen LogP contribution in [0.5, 0.6) is 0 Å². The second-order valence-electron chi connectivity index (χ2n) is 7.57. The molecule has 0 radical (unpaired) electrons. The van der Waals surface area contributed by atoms with Crippen molar-refractivity contribution in [3.8, 4) is 11.4 Å². The molecule has 2 aromatic carbocycles. The van der Waals surface area contributed by atoms with Gasteiger partial charge < -0.3 is 10.6 Å². The Hall–Kier alpha value is -3.35. The number of hydrogen-bond donors (Lipinski definition) is 3. The molecular formula is C21H22N6O4S2. The van der Waals surface area contributed by atoms with Crippen molar-refractivity contribution in [1.82, 2.24) is 24.4 Å². The van der Waals surface area contributed by atoms with Crippen molar-refractivity contribution in [2.24, 2.45) is 0 Å². The van der Waals surface area contributed by atoms with Crippen LogP contribution in [0.2, 0.25) is 0 Å². The molecule has 0 atom stereocenters. The number of carbonyl (C=O) groups is 2. The highest BCUT2D eigenvalue weighted by Gasteiger charge is 2.29. The van der Waals surface area contributed by atoms with Crippen LogP contribution >= 0.6 is 12.2 Å². The quantitative estimate of drug-likeness (QED) is 0.455. The van der Waals surface area contributed by atoms with Gasteiger partial charge in [-0.25, -0.2) is 8.42 Å². The van der Waals surface area contributed by atoms with E-state index in [4.69, 9.17) is 12.2 Å². The standard InChI is InChI=1S/C21H22N6O4S2/c1-14-5-7-15(8-6-14)20-24-25-21(32)27(20)13-19(29)23-16-3-2-4-17(11-16)33(30,31)26-10-9-22-18(28)12-26/h2-8,11H,9-10,12-13H2,1H3,(H,22,28)(H,23,29)(H,25,32). The molecule has 1 aromatic heterocycles. The number of hydrogen-bond acceptors (Lipinski definition) is 6. The third-order valence-electron chi connectivity index (χ3n) is 5.13. The third kappa shape index (κ3) is 5.02. The first-order valence-electron chi connectivity index (χ1n) is 10.1. The van der Waals surface area contributed by atoms with Gasteiger partial charge in [-0.3, -0.25) is 19.3 Å². The van der Waals surface area contributed by atoms with Gasteiger partial charge >= 0.3 is 0 Å². The lowest BCUT2D eigenvalue weighted by Crippen LogP contribution is -2.49. The van der Waals surface area contributed by atoms with E-state index in [9.17, 15) is 18.0 Å². The van der Waals surface area contributed by atoms with Gasteiger partial charge in [-0.15, -0.1) is 0 Å². The first-order chi connectivity index (χ1) is 15.7. The molecule has 1 aliphatic heterocycles. The summed E-state index contributed by atoms with van der Waals surface area (Å²) in [6.45, 7) is 2.07. The number of nitrogens with zero attached hydrogens (tertiary/aromatic N) is 3. The van der Waals surface area contributed by atoms with Crippen LogP contribution < -0.4 is 10.6 Å². The zero-order valence-electron chi connectivity index (χ0n) is 17.7. The van der Waals surface area contributed by atoms with E-state index < -0.39 is 15.9 Å². The predicted octanol–water partition coefficient (Wildman–Crippen LogP) is 1.68. The van der Waals surface area contributed by atoms with Crippen LogP contribution in [0, 0.1) is 11.7 Å². The van der Waals surface area contributed by atoms with Crippen molar-refractivity contribution in [3.05, 3.63) is 58.9 Å². The number of H-pyrrole nitrogens is 1. The zero-order chi connectivity index (χ0) is 23.6. The van der Waals surface area contributed by atoms with E-state index in [1.165, 1.54) is 18.2 Å². The van der Waals surface area contributed by atoms with Gasteiger partial charge in [-0.2, -0.15) is 9.40 Å². The lowest BCUT2D eigenvalue weighted by molar-refractivity contribution is -0.122. The molecule has 172 valence electrons. The topological polar surface area (TPSA) is 129 Å². The molecule has 2 heterocycles. The number of nitrogens with one attached hydrogen (secondary N) is 3. The van der Waals surface area contributed by atoms with Gasteiger partial charge in [0.2, 0.25) is 21.8 Å². The Balaban J connectivity index is 1.52. The highest BCUT2D eigenvalue weighted by atomic mass is 32.2. The van der Waals surface area contributed by atoms with Gasteiger partial charge in [-0.05, 0) is 37.3 Å². The monoisotopic (exact) mass is 486 g/mol. The molecule has 0 spiro atoms. The van der Waals surface area contributed by atoms with Gasteiger partial charge in [0.1, 0.15) is 6.54 Å². The molecule has 0 unspecified atom stereocenters. The normalized spacial score (nSPS) is 14.6. The maximum atomic E-state index is 12.9. The van der Waals surface area contributed by atoms with Crippen molar-refractivity contribution >= 4 is 39.7 Å². The number of aromatic nitrogens is 3. The minimum Gasteiger partial charge on any atom is -0.354 e. The molecule has 4 rings (SSSR count). The van der Waals surface area contributed by atoms with Gasteiger partial charge in [0.25, 0.3) is 0 Å². The summed E-state index contributed by atoms with van der Waals surface area (Å²) in [6.07, 6.45) is 0. The highest BCUT2D eigenvalue weighted by molar-refractivity contribution is 7.89. The summed E-state index contributed by atoms with van der Waals surface area (Å²) in [5.74, 6) is -0.224. The van der Waals surface area contributed by atoms with Gasteiger partial charge in [0.15, 0.2) is 10.6 Å². The SMILES string of the molecule is Cc1ccc(-c2n[nH]c(=S)n2CC(=O)Nc2cccc(S(=O)(=O)N3CCNC(=O)C3)c2)cc1. The van der Waals surface area contributed by atoms with E-state index in [0.29, 0.717) is 16.3 Å². The molecule has 0 saturated carbocycles. The smallest absolute Gasteiger partial charge is 0.244 e. The van der Waals surface area contributed by atoms with E-state index in [2.05, 4.69) is 20.8 Å². The van der Waals surface area contributed by atoms with Crippen molar-refractivity contribution in [2.75, 3.05) is 25.0 Å². The molecule has 3 aromatic rings. The van der Waals surface area contributed by atoms with Crippen LogP contribution in [0.15, 0.2) is 53.4 Å². The number of aromatic amines is 1. The molecule has 12 heteroatoms. The van der Waals surface area contributed by atoms with Gasteiger partial charge in [0.05, 0.1) is 11.4 Å². The Labute approximate surface area is 195 Å². The number of piperazine rings is 1. The fourth-order valence-electron chi connectivity index (χ4n) is 3.44. The molecule has 2 amide bonds. The third-order valence-corrected chi connectivity index (χ3v) is 7.28. The summed E-state index contributed by atoms with van der Waals surface area (Å²) >= 11 is 5.28. The average molecular weight is 487 g/mol. The van der Waals surface area contributed by atoms with E-state index in [-0.39, 0.29) is 37.0 Å². The van der Waals surface area contributed by atoms with Crippen molar-refractivity contribution in [2.45, 2.75) is 18.4 Å². The van der Waals surface area contributed by atoms with Crippen LogP contribution in [0.4, 0.5) is 5.69 Å². The summed E-state index contributed by atoms with van der Waals surface area (Å²) in [4.78, 5) is 24.3. The number of benzene rings is 2. The van der Waals surface area contributed by atoms with E-state index in [1.807, 2.05) is 31.2 Å². The van der Waals surface area contributed by atoms with E-state index >= 15 is 0 Å². The maximum Gasteiger partial charge on any atom is 0.244 e. The Bertz CT molecular complexity index is 1360. The van der Waals surface area contributed by atoms with Crippen LogP contribution in [0.3, 0.4) is 0 Å². The lowest BCUT2D eigenvalue weighted by atomic mass is 10.1. The van der Waals surface area contributed by atoms with Crippen LogP contribution in [0.25, 0.3) is 11.4 Å². The van der Waals surface area contributed by atoms with E-state index in [0.717, 1.165) is 15.4 Å². The summed E-state index contributed by atoms with van der Waals surface area (Å²) in [5.41, 5.74) is 2.21. The first kappa shape index (κ1) is 22.8. The Morgan fingerprint density at radius 3 is 2.70 bits per heavy atom. The number of carbonyl (C=O) groups excluding carboxylic acids is 2. The van der Waals surface area contributed by atoms with Crippen LogP contribution in [-0.2, 0) is 26.2 Å². The predicted molar refractivity (Wildman–Crippen MR) is 124 cm³/mol. The summed E-state index contributed by atoms with van der Waals surface area (Å²) in [6, 6.07) is 13.6. The maximum absolute atomic E-state index is 12.9. The lowest BCUT2D eigenvalue weighted by Gasteiger charge is -2.26. The zero-order valence-corrected chi connectivity index (χ0v) is 19.4. The molecule has 10 nitrogen and oxygen atoms in total. The van der Waals surface area contributed by atoms with Crippen molar-refractivity contribution < 1.29 is 18.0 Å². The van der Waals surface area contributed by atoms with E-state index in [1.54, 1.807) is 10.6 Å². The average Bonchev–Trinajstić information content (AvgIpc) is 3.14. The number of amides is 2. The Kier molecular flexibility index (Phi) is 6.40. The number of anilines is 1.